The van der Waals surface area contributed by atoms with Gasteiger partial charge in [-0.3, -0.25) is 4.90 Å². The molecule has 1 aliphatic carbocycles. The van der Waals surface area contributed by atoms with Gasteiger partial charge in [-0.2, -0.15) is 0 Å². The second-order valence-corrected chi connectivity index (χ2v) is 5.07. The molecule has 0 aromatic carbocycles. The van der Waals surface area contributed by atoms with E-state index in [4.69, 9.17) is 0 Å². The summed E-state index contributed by atoms with van der Waals surface area (Å²) < 4.78 is 25.4. The number of aliphatic hydroxyl groups excluding tert-OH is 1. The first-order chi connectivity index (χ1) is 6.34. The quantitative estimate of drug-likeness (QED) is 0.738. The summed E-state index contributed by atoms with van der Waals surface area (Å²) in [5, 5.41) is 9.66. The molecule has 1 saturated carbocycles. The van der Waals surface area contributed by atoms with Crippen molar-refractivity contribution in [3.8, 4) is 0 Å². The highest BCUT2D eigenvalue weighted by Gasteiger charge is 2.58. The molecule has 2 fully saturated rings. The highest BCUT2D eigenvalue weighted by Crippen LogP contribution is 2.50. The normalized spacial score (nSPS) is 40.1. The lowest BCUT2D eigenvalue weighted by Gasteiger charge is -2.33. The van der Waals surface area contributed by atoms with Gasteiger partial charge in [0.05, 0.1) is 6.10 Å². The maximum absolute atomic E-state index is 12.7. The third-order valence-corrected chi connectivity index (χ3v) is 3.70. The van der Waals surface area contributed by atoms with E-state index in [0.717, 1.165) is 6.54 Å². The molecule has 2 rings (SSSR count). The average molecular weight is 205 g/mol. The van der Waals surface area contributed by atoms with Crippen LogP contribution in [0, 0.1) is 5.92 Å². The van der Waals surface area contributed by atoms with Gasteiger partial charge in [-0.25, -0.2) is 8.78 Å². The zero-order chi connectivity index (χ0) is 10.6. The van der Waals surface area contributed by atoms with Crippen molar-refractivity contribution in [1.82, 2.24) is 4.90 Å². The summed E-state index contributed by atoms with van der Waals surface area (Å²) in [5.74, 6) is -2.92. The molecule has 0 aromatic rings. The van der Waals surface area contributed by atoms with Crippen molar-refractivity contribution in [2.24, 2.45) is 5.92 Å². The average Bonchev–Trinajstić information content (AvgIpc) is 2.57. The molecule has 2 atom stereocenters. The molecule has 1 saturated heterocycles. The Kier molecular flexibility index (Phi) is 2.13. The summed E-state index contributed by atoms with van der Waals surface area (Å²) in [6.07, 6.45) is 0.343. The Morgan fingerprint density at radius 2 is 2.00 bits per heavy atom. The van der Waals surface area contributed by atoms with Crippen molar-refractivity contribution in [2.45, 2.75) is 44.3 Å². The van der Waals surface area contributed by atoms with Crippen LogP contribution in [-0.4, -0.2) is 40.7 Å². The number of nitrogens with zero attached hydrogens (tertiary/aromatic N) is 1. The molecule has 0 bridgehead atoms. The van der Waals surface area contributed by atoms with Crippen molar-refractivity contribution < 1.29 is 13.9 Å². The number of hydrogen-bond acceptors (Lipinski definition) is 2. The van der Waals surface area contributed by atoms with E-state index in [1.54, 1.807) is 0 Å². The van der Waals surface area contributed by atoms with Crippen LogP contribution >= 0.6 is 0 Å². The van der Waals surface area contributed by atoms with E-state index < -0.39 is 11.8 Å². The second-order valence-electron chi connectivity index (χ2n) is 5.07. The second kappa shape index (κ2) is 2.89. The highest BCUT2D eigenvalue weighted by atomic mass is 19.3. The molecular weight excluding hydrogens is 188 g/mol. The van der Waals surface area contributed by atoms with Crippen LogP contribution in [0.3, 0.4) is 0 Å². The first kappa shape index (κ1) is 10.3. The van der Waals surface area contributed by atoms with Crippen LogP contribution in [0.4, 0.5) is 8.78 Å². The number of halogens is 2. The fraction of sp³-hybridized carbons (Fsp3) is 1.00. The molecule has 2 unspecified atom stereocenters. The standard InChI is InChI=1S/C10H17F2NO/c1-9(2)8(14)3-4-13(9)6-7-5-10(7,11)12/h7-8,14H,3-6H2,1-2H3. The molecule has 0 amide bonds. The summed E-state index contributed by atoms with van der Waals surface area (Å²) in [4.78, 5) is 1.99. The van der Waals surface area contributed by atoms with Gasteiger partial charge in [-0.15, -0.1) is 0 Å². The number of alkyl halides is 2. The van der Waals surface area contributed by atoms with E-state index in [9.17, 15) is 13.9 Å². The lowest BCUT2D eigenvalue weighted by Crippen LogP contribution is -2.46. The molecule has 2 nitrogen and oxygen atoms in total. The lowest BCUT2D eigenvalue weighted by atomic mass is 9.98. The predicted molar refractivity (Wildman–Crippen MR) is 49.3 cm³/mol. The van der Waals surface area contributed by atoms with Crippen LogP contribution in [0.15, 0.2) is 0 Å². The highest BCUT2D eigenvalue weighted by molar-refractivity contribution is 5.02. The lowest BCUT2D eigenvalue weighted by molar-refractivity contribution is 0.0367. The smallest absolute Gasteiger partial charge is 0.252 e. The van der Waals surface area contributed by atoms with Gasteiger partial charge < -0.3 is 5.11 Å². The minimum absolute atomic E-state index is 0.0235. The molecule has 0 aromatic heterocycles. The minimum Gasteiger partial charge on any atom is -0.391 e. The SMILES string of the molecule is CC1(C)C(O)CCN1CC1CC1(F)F. The van der Waals surface area contributed by atoms with E-state index in [0.29, 0.717) is 13.0 Å². The van der Waals surface area contributed by atoms with E-state index >= 15 is 0 Å². The van der Waals surface area contributed by atoms with Crippen LogP contribution in [0.2, 0.25) is 0 Å². The molecule has 1 heterocycles. The van der Waals surface area contributed by atoms with Crippen LogP contribution in [0.1, 0.15) is 26.7 Å². The van der Waals surface area contributed by atoms with Crippen molar-refractivity contribution in [2.75, 3.05) is 13.1 Å². The van der Waals surface area contributed by atoms with E-state index in [1.807, 2.05) is 18.7 Å². The van der Waals surface area contributed by atoms with Crippen molar-refractivity contribution in [3.05, 3.63) is 0 Å². The summed E-state index contributed by atoms with van der Waals surface area (Å²) in [6, 6.07) is 0. The van der Waals surface area contributed by atoms with Gasteiger partial charge in [0.1, 0.15) is 0 Å². The number of likely N-dealkylation sites (tertiary alicyclic amines) is 1. The molecule has 1 N–H and O–H groups in total. The van der Waals surface area contributed by atoms with E-state index in [-0.39, 0.29) is 18.1 Å². The zero-order valence-corrected chi connectivity index (χ0v) is 8.63. The van der Waals surface area contributed by atoms with Crippen molar-refractivity contribution >= 4 is 0 Å². The molecule has 82 valence electrons. The Balaban J connectivity index is 1.94. The molecule has 0 spiro atoms. The number of aliphatic hydroxyl groups is 1. The molecule has 2 aliphatic rings. The molecule has 1 aliphatic heterocycles. The van der Waals surface area contributed by atoms with Crippen LogP contribution in [0.25, 0.3) is 0 Å². The van der Waals surface area contributed by atoms with E-state index in [2.05, 4.69) is 0 Å². The van der Waals surface area contributed by atoms with Crippen LogP contribution in [-0.2, 0) is 0 Å². The van der Waals surface area contributed by atoms with Crippen molar-refractivity contribution in [1.29, 1.82) is 0 Å². The largest absolute Gasteiger partial charge is 0.391 e. The van der Waals surface area contributed by atoms with Gasteiger partial charge in [0.15, 0.2) is 0 Å². The van der Waals surface area contributed by atoms with Gasteiger partial charge >= 0.3 is 0 Å². The predicted octanol–water partition coefficient (Wildman–Crippen LogP) is 1.49. The minimum atomic E-state index is -2.44. The molecule has 4 heteroatoms. The number of hydrogen-bond donors (Lipinski definition) is 1. The molecule has 0 radical (unpaired) electrons. The zero-order valence-electron chi connectivity index (χ0n) is 8.63. The monoisotopic (exact) mass is 205 g/mol. The van der Waals surface area contributed by atoms with E-state index in [1.165, 1.54) is 0 Å². The summed E-state index contributed by atoms with van der Waals surface area (Å²) in [7, 11) is 0. The van der Waals surface area contributed by atoms with Gasteiger partial charge in [0.2, 0.25) is 0 Å². The Labute approximate surface area is 82.9 Å². The molecule has 14 heavy (non-hydrogen) atoms. The fourth-order valence-corrected chi connectivity index (χ4v) is 2.19. The maximum Gasteiger partial charge on any atom is 0.252 e. The van der Waals surface area contributed by atoms with Crippen LogP contribution < -0.4 is 0 Å². The number of rotatable bonds is 2. The summed E-state index contributed by atoms with van der Waals surface area (Å²) >= 11 is 0. The van der Waals surface area contributed by atoms with Crippen molar-refractivity contribution in [3.63, 3.8) is 0 Å². The fourth-order valence-electron chi connectivity index (χ4n) is 2.19. The van der Waals surface area contributed by atoms with Gasteiger partial charge in [-0.05, 0) is 20.3 Å². The first-order valence-corrected chi connectivity index (χ1v) is 5.15. The van der Waals surface area contributed by atoms with Gasteiger partial charge in [-0.1, -0.05) is 0 Å². The van der Waals surface area contributed by atoms with Crippen LogP contribution in [0.5, 0.6) is 0 Å². The first-order valence-electron chi connectivity index (χ1n) is 5.15. The van der Waals surface area contributed by atoms with Gasteiger partial charge in [0.25, 0.3) is 5.92 Å². The van der Waals surface area contributed by atoms with Gasteiger partial charge in [0, 0.05) is 31.0 Å². The third kappa shape index (κ3) is 1.54. The Morgan fingerprint density at radius 1 is 1.43 bits per heavy atom. The Bertz CT molecular complexity index is 242. The Hall–Kier alpha value is -0.220. The topological polar surface area (TPSA) is 23.5 Å². The Morgan fingerprint density at radius 3 is 2.36 bits per heavy atom. The maximum atomic E-state index is 12.7. The third-order valence-electron chi connectivity index (χ3n) is 3.70. The summed E-state index contributed by atoms with van der Waals surface area (Å²) in [5.41, 5.74) is -0.335. The molecular formula is C10H17F2NO. The summed E-state index contributed by atoms with van der Waals surface area (Å²) in [6.45, 7) is 5.01.